The zero-order chi connectivity index (χ0) is 14.5. The number of nitrogen functional groups attached to an aromatic ring is 1. The van der Waals surface area contributed by atoms with E-state index in [1.54, 1.807) is 0 Å². The van der Waals surface area contributed by atoms with Gasteiger partial charge >= 0.3 is 0 Å². The summed E-state index contributed by atoms with van der Waals surface area (Å²) in [6.07, 6.45) is 0.143. The predicted octanol–water partition coefficient (Wildman–Crippen LogP) is 0.981. The third-order valence-electron chi connectivity index (χ3n) is 2.35. The fourth-order valence-electron chi connectivity index (χ4n) is 1.38. The molecule has 0 bridgehead atoms. The van der Waals surface area contributed by atoms with Crippen molar-refractivity contribution in [1.29, 1.82) is 0 Å². The fraction of sp³-hybridized carbons (Fsp3) is 0.500. The zero-order valence-corrected chi connectivity index (χ0v) is 12.2. The largest absolute Gasteiger partial charge is 0.489 e. The molecule has 1 aromatic rings. The van der Waals surface area contributed by atoms with Gasteiger partial charge in [-0.05, 0) is 39.1 Å². The van der Waals surface area contributed by atoms with E-state index in [2.05, 4.69) is 4.72 Å². The molecule has 0 fully saturated rings. The van der Waals surface area contributed by atoms with Crippen LogP contribution >= 0.6 is 0 Å². The van der Waals surface area contributed by atoms with Gasteiger partial charge < -0.3 is 15.2 Å². The quantitative estimate of drug-likeness (QED) is 0.576. The average Bonchev–Trinajstić information content (AvgIpc) is 2.35. The van der Waals surface area contributed by atoms with Crippen LogP contribution in [-0.4, -0.2) is 34.8 Å². The smallest absolute Gasteiger partial charge is 0.240 e. The van der Waals surface area contributed by atoms with Gasteiger partial charge in [0.1, 0.15) is 12.4 Å². The first kappa shape index (κ1) is 15.7. The topological polar surface area (TPSA) is 90.7 Å². The van der Waals surface area contributed by atoms with Gasteiger partial charge in [-0.15, -0.1) is 0 Å². The summed E-state index contributed by atoms with van der Waals surface area (Å²) in [6.45, 7) is 4.69. The minimum atomic E-state index is -3.48. The normalized spacial score (nSPS) is 11.8. The van der Waals surface area contributed by atoms with Crippen LogP contribution in [0.3, 0.4) is 0 Å². The molecular weight excluding hydrogens is 268 g/mol. The van der Waals surface area contributed by atoms with E-state index in [1.807, 2.05) is 13.8 Å². The molecule has 0 aromatic heterocycles. The average molecular weight is 288 g/mol. The van der Waals surface area contributed by atoms with Crippen molar-refractivity contribution in [3.63, 3.8) is 0 Å². The van der Waals surface area contributed by atoms with Crippen molar-refractivity contribution in [3.05, 3.63) is 18.2 Å². The molecule has 0 aliphatic heterocycles. The van der Waals surface area contributed by atoms with Crippen LogP contribution in [0.25, 0.3) is 0 Å². The van der Waals surface area contributed by atoms with Crippen LogP contribution in [-0.2, 0) is 14.8 Å². The lowest BCUT2D eigenvalue weighted by Crippen LogP contribution is -2.18. The number of nitrogens with one attached hydrogen (secondary N) is 1. The van der Waals surface area contributed by atoms with Gasteiger partial charge in [-0.3, -0.25) is 0 Å². The minimum Gasteiger partial charge on any atom is -0.489 e. The second-order valence-electron chi connectivity index (χ2n) is 4.18. The van der Waals surface area contributed by atoms with E-state index in [0.717, 1.165) is 0 Å². The van der Waals surface area contributed by atoms with Gasteiger partial charge in [0.2, 0.25) is 10.0 Å². The van der Waals surface area contributed by atoms with Crippen LogP contribution in [0.1, 0.15) is 13.8 Å². The first-order valence-electron chi connectivity index (χ1n) is 5.94. The molecule has 0 amide bonds. The third-order valence-corrected chi connectivity index (χ3v) is 3.76. The Labute approximate surface area is 113 Å². The van der Waals surface area contributed by atoms with E-state index in [-0.39, 0.29) is 16.7 Å². The second-order valence-corrected chi connectivity index (χ2v) is 6.06. The van der Waals surface area contributed by atoms with Crippen molar-refractivity contribution in [2.75, 3.05) is 26.0 Å². The summed E-state index contributed by atoms with van der Waals surface area (Å²) >= 11 is 0. The first-order valence-corrected chi connectivity index (χ1v) is 7.42. The van der Waals surface area contributed by atoms with E-state index in [4.69, 9.17) is 15.2 Å². The Morgan fingerprint density at radius 1 is 1.32 bits per heavy atom. The lowest BCUT2D eigenvalue weighted by Gasteiger charge is -2.12. The van der Waals surface area contributed by atoms with Crippen molar-refractivity contribution < 1.29 is 17.9 Å². The van der Waals surface area contributed by atoms with Gasteiger partial charge in [-0.2, -0.15) is 0 Å². The van der Waals surface area contributed by atoms with Gasteiger partial charge in [0.05, 0.1) is 23.3 Å². The number of rotatable bonds is 7. The predicted molar refractivity (Wildman–Crippen MR) is 73.7 cm³/mol. The third kappa shape index (κ3) is 4.70. The summed E-state index contributed by atoms with van der Waals surface area (Å²) in [7, 11) is -2.14. The molecule has 0 spiro atoms. The lowest BCUT2D eigenvalue weighted by atomic mass is 10.3. The maximum absolute atomic E-state index is 11.6. The summed E-state index contributed by atoms with van der Waals surface area (Å²) in [5.74, 6) is 0.447. The number of anilines is 1. The van der Waals surface area contributed by atoms with Crippen molar-refractivity contribution in [3.8, 4) is 5.75 Å². The minimum absolute atomic E-state index is 0.110. The monoisotopic (exact) mass is 288 g/mol. The molecule has 0 unspecified atom stereocenters. The Balaban J connectivity index is 2.68. The van der Waals surface area contributed by atoms with Crippen LogP contribution < -0.4 is 15.2 Å². The SMILES string of the molecule is CNS(=O)(=O)c1ccc(OCCOC(C)C)c(N)c1. The van der Waals surface area contributed by atoms with Gasteiger partial charge in [0.15, 0.2) is 0 Å². The molecule has 0 aliphatic rings. The number of sulfonamides is 1. The van der Waals surface area contributed by atoms with Crippen LogP contribution in [0, 0.1) is 0 Å². The highest BCUT2D eigenvalue weighted by Crippen LogP contribution is 2.24. The number of ether oxygens (including phenoxy) is 2. The van der Waals surface area contributed by atoms with Crippen LogP contribution in [0.2, 0.25) is 0 Å². The molecule has 1 rings (SSSR count). The van der Waals surface area contributed by atoms with E-state index >= 15 is 0 Å². The molecule has 108 valence electrons. The summed E-state index contributed by atoms with van der Waals surface area (Å²) < 4.78 is 36.1. The Hall–Kier alpha value is -1.31. The highest BCUT2D eigenvalue weighted by Gasteiger charge is 2.13. The maximum atomic E-state index is 11.6. The molecule has 3 N–H and O–H groups in total. The Morgan fingerprint density at radius 2 is 2.00 bits per heavy atom. The summed E-state index contributed by atoms with van der Waals surface area (Å²) in [5.41, 5.74) is 6.04. The summed E-state index contributed by atoms with van der Waals surface area (Å²) in [6, 6.07) is 4.35. The number of hydrogen-bond acceptors (Lipinski definition) is 5. The first-order chi connectivity index (χ1) is 8.86. The van der Waals surface area contributed by atoms with Gasteiger partial charge in [0, 0.05) is 0 Å². The highest BCUT2D eigenvalue weighted by atomic mass is 32.2. The standard InChI is InChI=1S/C12H20N2O4S/c1-9(2)17-6-7-18-12-5-4-10(8-11(12)13)19(15,16)14-3/h4-5,8-9,14H,6-7,13H2,1-3H3. The van der Waals surface area contributed by atoms with Crippen LogP contribution in [0.4, 0.5) is 5.69 Å². The van der Waals surface area contributed by atoms with Crippen molar-refractivity contribution >= 4 is 15.7 Å². The van der Waals surface area contributed by atoms with Gasteiger partial charge in [-0.1, -0.05) is 0 Å². The molecule has 0 atom stereocenters. The Kier molecular flexibility index (Phi) is 5.59. The molecule has 1 aromatic carbocycles. The van der Waals surface area contributed by atoms with Crippen molar-refractivity contribution in [2.45, 2.75) is 24.8 Å². The molecule has 0 saturated heterocycles. The molecule has 6 nitrogen and oxygen atoms in total. The molecule has 19 heavy (non-hydrogen) atoms. The number of benzene rings is 1. The van der Waals surface area contributed by atoms with E-state index in [1.165, 1.54) is 25.2 Å². The van der Waals surface area contributed by atoms with E-state index in [0.29, 0.717) is 19.0 Å². The Morgan fingerprint density at radius 3 is 2.53 bits per heavy atom. The number of hydrogen-bond donors (Lipinski definition) is 2. The van der Waals surface area contributed by atoms with Crippen molar-refractivity contribution in [1.82, 2.24) is 4.72 Å². The fourth-order valence-corrected chi connectivity index (χ4v) is 2.14. The lowest BCUT2D eigenvalue weighted by molar-refractivity contribution is 0.0554. The number of nitrogens with two attached hydrogens (primary N) is 1. The van der Waals surface area contributed by atoms with Crippen LogP contribution in [0.15, 0.2) is 23.1 Å². The second kappa shape index (κ2) is 6.74. The molecule has 0 heterocycles. The van der Waals surface area contributed by atoms with Gasteiger partial charge in [-0.25, -0.2) is 13.1 Å². The Bertz CT molecular complexity index is 514. The molecule has 7 heteroatoms. The molecule has 0 aliphatic carbocycles. The molecule has 0 saturated carbocycles. The van der Waals surface area contributed by atoms with E-state index in [9.17, 15) is 8.42 Å². The van der Waals surface area contributed by atoms with Crippen molar-refractivity contribution in [2.24, 2.45) is 0 Å². The maximum Gasteiger partial charge on any atom is 0.240 e. The summed E-state index contributed by atoms with van der Waals surface area (Å²) in [5, 5.41) is 0. The van der Waals surface area contributed by atoms with E-state index < -0.39 is 10.0 Å². The van der Waals surface area contributed by atoms with Gasteiger partial charge in [0.25, 0.3) is 0 Å². The molecule has 0 radical (unpaired) electrons. The zero-order valence-electron chi connectivity index (χ0n) is 11.3. The highest BCUT2D eigenvalue weighted by molar-refractivity contribution is 7.89. The van der Waals surface area contributed by atoms with Crippen LogP contribution in [0.5, 0.6) is 5.75 Å². The summed E-state index contributed by atoms with van der Waals surface area (Å²) in [4.78, 5) is 0.110. The molecular formula is C12H20N2O4S.